The summed E-state index contributed by atoms with van der Waals surface area (Å²) in [7, 11) is 4.52. The number of nitrogens with zero attached hydrogens (tertiary/aromatic N) is 2. The normalized spacial score (nSPS) is 38.1. The van der Waals surface area contributed by atoms with Gasteiger partial charge < -0.3 is 9.80 Å². The molecule has 2 nitrogen and oxygen atoms in total. The first kappa shape index (κ1) is 9.47. The van der Waals surface area contributed by atoms with Gasteiger partial charge in [0.25, 0.3) is 0 Å². The molecule has 0 aromatic heterocycles. The van der Waals surface area contributed by atoms with Crippen molar-refractivity contribution in [2.24, 2.45) is 5.92 Å². The van der Waals surface area contributed by atoms with Crippen LogP contribution in [0.4, 0.5) is 0 Å². The highest BCUT2D eigenvalue weighted by Gasteiger charge is 2.32. The molecular formula is C11H22N2. The van der Waals surface area contributed by atoms with Crippen molar-refractivity contribution >= 4 is 0 Å². The van der Waals surface area contributed by atoms with Crippen molar-refractivity contribution in [1.29, 1.82) is 0 Å². The van der Waals surface area contributed by atoms with E-state index in [1.54, 1.807) is 0 Å². The van der Waals surface area contributed by atoms with Crippen LogP contribution in [0, 0.1) is 5.92 Å². The van der Waals surface area contributed by atoms with Crippen LogP contribution in [-0.4, -0.2) is 49.1 Å². The molecule has 0 bridgehead atoms. The molecule has 1 unspecified atom stereocenters. The predicted molar refractivity (Wildman–Crippen MR) is 55.9 cm³/mol. The Morgan fingerprint density at radius 3 is 2.31 bits per heavy atom. The molecule has 0 aromatic carbocycles. The zero-order valence-corrected chi connectivity index (χ0v) is 9.16. The molecule has 2 heteroatoms. The highest BCUT2D eigenvalue weighted by Crippen LogP contribution is 2.29. The second kappa shape index (κ2) is 3.58. The minimum atomic E-state index is 0.822. The van der Waals surface area contributed by atoms with Crippen LogP contribution in [0.3, 0.4) is 0 Å². The maximum Gasteiger partial charge on any atom is 0.00991 e. The van der Waals surface area contributed by atoms with E-state index in [2.05, 4.69) is 30.8 Å². The van der Waals surface area contributed by atoms with E-state index in [0.29, 0.717) is 0 Å². The molecule has 2 rings (SSSR count). The summed E-state index contributed by atoms with van der Waals surface area (Å²) < 4.78 is 0. The van der Waals surface area contributed by atoms with Gasteiger partial charge in [0.2, 0.25) is 0 Å². The van der Waals surface area contributed by atoms with Crippen molar-refractivity contribution in [3.05, 3.63) is 0 Å². The third-order valence-electron chi connectivity index (χ3n) is 3.93. The highest BCUT2D eigenvalue weighted by atomic mass is 15.2. The second-order valence-corrected chi connectivity index (χ2v) is 5.07. The molecule has 2 atom stereocenters. The largest absolute Gasteiger partial charge is 0.306 e. The first-order valence-corrected chi connectivity index (χ1v) is 5.57. The number of rotatable bonds is 2. The first-order chi connectivity index (χ1) is 6.16. The van der Waals surface area contributed by atoms with E-state index in [0.717, 1.165) is 18.0 Å². The van der Waals surface area contributed by atoms with E-state index < -0.39 is 0 Å². The number of hydrogen-bond acceptors (Lipinski definition) is 2. The third kappa shape index (κ3) is 1.89. The predicted octanol–water partition coefficient (Wildman–Crippen LogP) is 1.42. The Balaban J connectivity index is 1.76. The van der Waals surface area contributed by atoms with Gasteiger partial charge in [0.1, 0.15) is 0 Å². The van der Waals surface area contributed by atoms with Crippen molar-refractivity contribution < 1.29 is 0 Å². The third-order valence-corrected chi connectivity index (χ3v) is 3.93. The Kier molecular flexibility index (Phi) is 2.61. The Morgan fingerprint density at radius 1 is 1.15 bits per heavy atom. The van der Waals surface area contributed by atoms with Crippen LogP contribution in [-0.2, 0) is 0 Å². The van der Waals surface area contributed by atoms with Crippen LogP contribution in [0.15, 0.2) is 0 Å². The summed E-state index contributed by atoms with van der Waals surface area (Å²) in [5, 5.41) is 0. The van der Waals surface area contributed by atoms with Crippen molar-refractivity contribution in [1.82, 2.24) is 9.80 Å². The molecule has 0 radical (unpaired) electrons. The molecule has 0 aromatic rings. The maximum absolute atomic E-state index is 2.58. The zero-order chi connectivity index (χ0) is 9.42. The van der Waals surface area contributed by atoms with Crippen LogP contribution in [0.2, 0.25) is 0 Å². The average molecular weight is 182 g/mol. The van der Waals surface area contributed by atoms with Gasteiger partial charge in [-0.05, 0) is 46.2 Å². The quantitative estimate of drug-likeness (QED) is 0.637. The standard InChI is InChI=1S/C11H22N2/c1-9-4-5-11(13(9)3)6-10-7-12(2)8-10/h9-11H,4-8H2,1-3H3/t9-,11?/m1/s1. The Bertz CT molecular complexity index is 175. The average Bonchev–Trinajstić information content (AvgIpc) is 2.33. The van der Waals surface area contributed by atoms with E-state index in [9.17, 15) is 0 Å². The highest BCUT2D eigenvalue weighted by molar-refractivity contribution is 4.88. The van der Waals surface area contributed by atoms with Crippen LogP contribution >= 0.6 is 0 Å². The van der Waals surface area contributed by atoms with Crippen molar-refractivity contribution in [2.45, 2.75) is 38.3 Å². The maximum atomic E-state index is 2.58. The summed E-state index contributed by atoms with van der Waals surface area (Å²) in [6.07, 6.45) is 4.27. The summed E-state index contributed by atoms with van der Waals surface area (Å²) in [5.74, 6) is 0.989. The molecule has 2 fully saturated rings. The molecule has 0 N–H and O–H groups in total. The molecule has 2 aliphatic rings. The molecule has 2 aliphatic heterocycles. The van der Waals surface area contributed by atoms with Crippen molar-refractivity contribution in [3.63, 3.8) is 0 Å². The monoisotopic (exact) mass is 182 g/mol. The summed E-state index contributed by atoms with van der Waals surface area (Å²) in [6.45, 7) is 5.02. The van der Waals surface area contributed by atoms with Gasteiger partial charge in [-0.2, -0.15) is 0 Å². The first-order valence-electron chi connectivity index (χ1n) is 5.57. The number of likely N-dealkylation sites (tertiary alicyclic amines) is 2. The van der Waals surface area contributed by atoms with Crippen molar-refractivity contribution in [3.8, 4) is 0 Å². The fourth-order valence-electron chi connectivity index (χ4n) is 2.85. The van der Waals surface area contributed by atoms with E-state index in [1.807, 2.05) is 0 Å². The summed E-state index contributed by atoms with van der Waals surface area (Å²) >= 11 is 0. The molecule has 0 spiro atoms. The fourth-order valence-corrected chi connectivity index (χ4v) is 2.85. The SMILES string of the molecule is C[C@@H]1CCC(CC2CN(C)C2)N1C. The Hall–Kier alpha value is -0.0800. The molecule has 2 saturated heterocycles. The second-order valence-electron chi connectivity index (χ2n) is 5.07. The van der Waals surface area contributed by atoms with Crippen molar-refractivity contribution in [2.75, 3.05) is 27.2 Å². The molecule has 0 saturated carbocycles. The fraction of sp³-hybridized carbons (Fsp3) is 1.00. The summed E-state index contributed by atoms with van der Waals surface area (Å²) in [5.41, 5.74) is 0. The molecule has 0 aliphatic carbocycles. The lowest BCUT2D eigenvalue weighted by atomic mass is 9.92. The van der Waals surface area contributed by atoms with Gasteiger partial charge in [-0.25, -0.2) is 0 Å². The Labute approximate surface area is 81.9 Å². The van der Waals surface area contributed by atoms with E-state index in [-0.39, 0.29) is 0 Å². The van der Waals surface area contributed by atoms with Crippen LogP contribution < -0.4 is 0 Å². The van der Waals surface area contributed by atoms with Crippen LogP contribution in [0.5, 0.6) is 0 Å². The van der Waals surface area contributed by atoms with E-state index in [1.165, 1.54) is 32.4 Å². The molecule has 0 amide bonds. The van der Waals surface area contributed by atoms with Gasteiger partial charge >= 0.3 is 0 Å². The summed E-state index contributed by atoms with van der Waals surface area (Å²) in [4.78, 5) is 5.00. The van der Waals surface area contributed by atoms with Gasteiger partial charge in [-0.1, -0.05) is 0 Å². The number of hydrogen-bond donors (Lipinski definition) is 0. The van der Waals surface area contributed by atoms with Crippen LogP contribution in [0.25, 0.3) is 0 Å². The lowest BCUT2D eigenvalue weighted by Gasteiger charge is -2.39. The smallest absolute Gasteiger partial charge is 0.00991 e. The summed E-state index contributed by atoms with van der Waals surface area (Å²) in [6, 6.07) is 1.71. The minimum absolute atomic E-state index is 0.822. The van der Waals surface area contributed by atoms with E-state index >= 15 is 0 Å². The molecule has 76 valence electrons. The minimum Gasteiger partial charge on any atom is -0.306 e. The zero-order valence-electron chi connectivity index (χ0n) is 9.16. The van der Waals surface area contributed by atoms with Gasteiger partial charge in [0, 0.05) is 25.2 Å². The van der Waals surface area contributed by atoms with Crippen LogP contribution in [0.1, 0.15) is 26.2 Å². The topological polar surface area (TPSA) is 6.48 Å². The lowest BCUT2D eigenvalue weighted by Crippen LogP contribution is -2.46. The van der Waals surface area contributed by atoms with Gasteiger partial charge in [0.15, 0.2) is 0 Å². The van der Waals surface area contributed by atoms with Gasteiger partial charge in [-0.15, -0.1) is 0 Å². The molecular weight excluding hydrogens is 160 g/mol. The molecule has 13 heavy (non-hydrogen) atoms. The lowest BCUT2D eigenvalue weighted by molar-refractivity contribution is 0.0977. The van der Waals surface area contributed by atoms with Gasteiger partial charge in [-0.3, -0.25) is 0 Å². The van der Waals surface area contributed by atoms with E-state index in [4.69, 9.17) is 0 Å². The molecule has 2 heterocycles. The van der Waals surface area contributed by atoms with Gasteiger partial charge in [0.05, 0.1) is 0 Å². The Morgan fingerprint density at radius 2 is 1.85 bits per heavy atom.